The lowest BCUT2D eigenvalue weighted by atomic mass is 10.2. The van der Waals surface area contributed by atoms with Gasteiger partial charge in [0.1, 0.15) is 4.60 Å². The van der Waals surface area contributed by atoms with E-state index in [1.54, 1.807) is 12.1 Å². The summed E-state index contributed by atoms with van der Waals surface area (Å²) in [6.45, 7) is 1.85. The molecule has 0 unspecified atom stereocenters. The van der Waals surface area contributed by atoms with Crippen LogP contribution in [0.25, 0.3) is 0 Å². The molecule has 0 aliphatic heterocycles. The first kappa shape index (κ1) is 13.2. The van der Waals surface area contributed by atoms with Gasteiger partial charge in [-0.15, -0.1) is 0 Å². The SMILES string of the molecule is Cc1nc(Br)ccc1NC(=O)c1ccccc1Br. The van der Waals surface area contributed by atoms with Gasteiger partial charge in [0.15, 0.2) is 0 Å². The predicted octanol–water partition coefficient (Wildman–Crippen LogP) is 4.17. The lowest BCUT2D eigenvalue weighted by molar-refractivity contribution is 0.102. The van der Waals surface area contributed by atoms with E-state index in [2.05, 4.69) is 42.2 Å². The number of benzene rings is 1. The van der Waals surface area contributed by atoms with Gasteiger partial charge in [-0.1, -0.05) is 12.1 Å². The molecule has 0 aliphatic carbocycles. The Hall–Kier alpha value is -1.20. The number of carbonyl (C=O) groups excluding carboxylic acids is 1. The minimum atomic E-state index is -0.158. The van der Waals surface area contributed by atoms with Crippen molar-refractivity contribution < 1.29 is 4.79 Å². The molecule has 1 heterocycles. The lowest BCUT2D eigenvalue weighted by Gasteiger charge is -2.09. The first-order chi connectivity index (χ1) is 8.58. The molecule has 18 heavy (non-hydrogen) atoms. The van der Waals surface area contributed by atoms with Crippen LogP contribution in [-0.2, 0) is 0 Å². The van der Waals surface area contributed by atoms with Gasteiger partial charge in [0.2, 0.25) is 0 Å². The minimum absolute atomic E-state index is 0.158. The van der Waals surface area contributed by atoms with Crippen molar-refractivity contribution in [3.63, 3.8) is 0 Å². The van der Waals surface area contributed by atoms with Crippen LogP contribution in [0.4, 0.5) is 5.69 Å². The van der Waals surface area contributed by atoms with Crippen LogP contribution in [0.5, 0.6) is 0 Å². The van der Waals surface area contributed by atoms with E-state index in [0.29, 0.717) is 11.3 Å². The summed E-state index contributed by atoms with van der Waals surface area (Å²) in [6.07, 6.45) is 0. The molecule has 0 bridgehead atoms. The molecule has 2 aromatic rings. The third-order valence-electron chi connectivity index (χ3n) is 2.42. The number of aryl methyl sites for hydroxylation is 1. The fraction of sp³-hybridized carbons (Fsp3) is 0.0769. The summed E-state index contributed by atoms with van der Waals surface area (Å²) in [5.41, 5.74) is 2.07. The highest BCUT2D eigenvalue weighted by Gasteiger charge is 2.11. The Morgan fingerprint density at radius 1 is 1.17 bits per heavy atom. The monoisotopic (exact) mass is 368 g/mol. The zero-order valence-electron chi connectivity index (χ0n) is 9.58. The van der Waals surface area contributed by atoms with E-state index in [-0.39, 0.29) is 5.91 Å². The summed E-state index contributed by atoms with van der Waals surface area (Å²) in [7, 11) is 0. The second-order valence-corrected chi connectivity index (χ2v) is 5.37. The Balaban J connectivity index is 2.24. The molecule has 3 nitrogen and oxygen atoms in total. The number of anilines is 1. The molecule has 5 heteroatoms. The number of halogens is 2. The van der Waals surface area contributed by atoms with Crippen LogP contribution in [0.3, 0.4) is 0 Å². The molecule has 0 radical (unpaired) electrons. The second kappa shape index (κ2) is 5.63. The standard InChI is InChI=1S/C13H10Br2N2O/c1-8-11(6-7-12(15)16-8)17-13(18)9-4-2-3-5-10(9)14/h2-7H,1H3,(H,17,18). The highest BCUT2D eigenvalue weighted by Crippen LogP contribution is 2.20. The highest BCUT2D eigenvalue weighted by molar-refractivity contribution is 9.10. The van der Waals surface area contributed by atoms with E-state index in [1.165, 1.54) is 0 Å². The van der Waals surface area contributed by atoms with Crippen molar-refractivity contribution >= 4 is 43.5 Å². The molecule has 0 atom stereocenters. The summed E-state index contributed by atoms with van der Waals surface area (Å²) in [5.74, 6) is -0.158. The Labute approximate surface area is 122 Å². The second-order valence-electron chi connectivity index (χ2n) is 3.70. The number of aromatic nitrogens is 1. The van der Waals surface area contributed by atoms with Gasteiger partial charge in [-0.25, -0.2) is 4.98 Å². The largest absolute Gasteiger partial charge is 0.320 e. The van der Waals surface area contributed by atoms with Crippen LogP contribution in [0.1, 0.15) is 16.1 Å². The number of carbonyl (C=O) groups is 1. The molecule has 0 fully saturated rings. The Bertz CT molecular complexity index is 599. The number of hydrogen-bond acceptors (Lipinski definition) is 2. The number of pyridine rings is 1. The van der Waals surface area contributed by atoms with Crippen molar-refractivity contribution in [1.29, 1.82) is 0 Å². The summed E-state index contributed by atoms with van der Waals surface area (Å²) < 4.78 is 1.52. The van der Waals surface area contributed by atoms with Gasteiger partial charge in [0.25, 0.3) is 5.91 Å². The van der Waals surface area contributed by atoms with E-state index in [9.17, 15) is 4.79 Å². The van der Waals surface area contributed by atoms with Crippen LogP contribution in [0, 0.1) is 6.92 Å². The molecule has 0 aliphatic rings. The van der Waals surface area contributed by atoms with Crippen LogP contribution in [-0.4, -0.2) is 10.9 Å². The number of hydrogen-bond donors (Lipinski definition) is 1. The van der Waals surface area contributed by atoms with E-state index in [1.807, 2.05) is 31.2 Å². The van der Waals surface area contributed by atoms with E-state index >= 15 is 0 Å². The predicted molar refractivity (Wildman–Crippen MR) is 78.8 cm³/mol. The Morgan fingerprint density at radius 2 is 1.89 bits per heavy atom. The molecular formula is C13H10Br2N2O. The molecule has 0 saturated heterocycles. The van der Waals surface area contributed by atoms with Gasteiger partial charge in [-0.05, 0) is 63.0 Å². The summed E-state index contributed by atoms with van der Waals surface area (Å²) >= 11 is 6.64. The van der Waals surface area contributed by atoms with Crippen LogP contribution in [0.2, 0.25) is 0 Å². The molecule has 2 rings (SSSR count). The fourth-order valence-electron chi connectivity index (χ4n) is 1.50. The van der Waals surface area contributed by atoms with Gasteiger partial charge < -0.3 is 5.32 Å². The number of rotatable bonds is 2. The quantitative estimate of drug-likeness (QED) is 0.807. The maximum Gasteiger partial charge on any atom is 0.256 e. The number of nitrogens with zero attached hydrogens (tertiary/aromatic N) is 1. The van der Waals surface area contributed by atoms with Gasteiger partial charge in [0.05, 0.1) is 16.9 Å². The molecule has 0 saturated carbocycles. The normalized spacial score (nSPS) is 10.2. The molecule has 1 aromatic heterocycles. The topological polar surface area (TPSA) is 42.0 Å². The van der Waals surface area contributed by atoms with E-state index < -0.39 is 0 Å². The fourth-order valence-corrected chi connectivity index (χ4v) is 2.36. The van der Waals surface area contributed by atoms with Crippen molar-refractivity contribution in [2.75, 3.05) is 5.32 Å². The van der Waals surface area contributed by atoms with Crippen molar-refractivity contribution in [3.8, 4) is 0 Å². The average Bonchev–Trinajstić information content (AvgIpc) is 2.33. The van der Waals surface area contributed by atoms with Crippen molar-refractivity contribution in [1.82, 2.24) is 4.98 Å². The van der Waals surface area contributed by atoms with E-state index in [4.69, 9.17) is 0 Å². The van der Waals surface area contributed by atoms with Gasteiger partial charge in [-0.2, -0.15) is 0 Å². The third-order valence-corrected chi connectivity index (χ3v) is 3.55. The van der Waals surface area contributed by atoms with Crippen molar-refractivity contribution in [3.05, 3.63) is 56.7 Å². The van der Waals surface area contributed by atoms with Gasteiger partial charge in [-0.3, -0.25) is 4.79 Å². The summed E-state index contributed by atoms with van der Waals surface area (Å²) in [6, 6.07) is 10.9. The molecule has 0 spiro atoms. The Kier molecular flexibility index (Phi) is 4.14. The third kappa shape index (κ3) is 2.97. The molecule has 1 N–H and O–H groups in total. The van der Waals surface area contributed by atoms with Crippen LogP contribution in [0.15, 0.2) is 45.5 Å². The molecule has 1 aromatic carbocycles. The van der Waals surface area contributed by atoms with E-state index in [0.717, 1.165) is 14.8 Å². The maximum absolute atomic E-state index is 12.1. The van der Waals surface area contributed by atoms with Gasteiger partial charge >= 0.3 is 0 Å². The number of amides is 1. The van der Waals surface area contributed by atoms with Crippen LogP contribution >= 0.6 is 31.9 Å². The smallest absolute Gasteiger partial charge is 0.256 e. The van der Waals surface area contributed by atoms with Crippen molar-refractivity contribution in [2.45, 2.75) is 6.92 Å². The maximum atomic E-state index is 12.1. The summed E-state index contributed by atoms with van der Waals surface area (Å²) in [4.78, 5) is 16.3. The number of nitrogens with one attached hydrogen (secondary N) is 1. The Morgan fingerprint density at radius 3 is 2.56 bits per heavy atom. The van der Waals surface area contributed by atoms with Gasteiger partial charge in [0, 0.05) is 4.47 Å². The first-order valence-electron chi connectivity index (χ1n) is 5.27. The highest BCUT2D eigenvalue weighted by atomic mass is 79.9. The first-order valence-corrected chi connectivity index (χ1v) is 6.85. The lowest BCUT2D eigenvalue weighted by Crippen LogP contribution is -2.13. The molecular weight excluding hydrogens is 360 g/mol. The summed E-state index contributed by atoms with van der Waals surface area (Å²) in [5, 5.41) is 2.84. The zero-order valence-corrected chi connectivity index (χ0v) is 12.7. The average molecular weight is 370 g/mol. The zero-order chi connectivity index (χ0) is 13.1. The molecule has 92 valence electrons. The minimum Gasteiger partial charge on any atom is -0.320 e. The van der Waals surface area contributed by atoms with Crippen molar-refractivity contribution in [2.24, 2.45) is 0 Å². The molecule has 1 amide bonds. The van der Waals surface area contributed by atoms with Crippen LogP contribution < -0.4 is 5.32 Å².